The van der Waals surface area contributed by atoms with Crippen LogP contribution in [0.4, 0.5) is 10.1 Å². The van der Waals surface area contributed by atoms with Crippen molar-refractivity contribution in [3.63, 3.8) is 0 Å². The molecule has 0 aromatic heterocycles. The van der Waals surface area contributed by atoms with Crippen molar-refractivity contribution in [1.29, 1.82) is 5.41 Å². The highest BCUT2D eigenvalue weighted by Crippen LogP contribution is 2.48. The molecule has 4 nitrogen and oxygen atoms in total. The van der Waals surface area contributed by atoms with Gasteiger partial charge >= 0.3 is 0 Å². The Balaban J connectivity index is 1.84. The van der Waals surface area contributed by atoms with Crippen molar-refractivity contribution in [2.45, 2.75) is 25.2 Å². The van der Waals surface area contributed by atoms with Crippen LogP contribution in [0, 0.1) is 11.2 Å². The topological polar surface area (TPSA) is 64.4 Å². The average molecular weight is 473 g/mol. The number of aliphatic hydroxyl groups is 1. The van der Waals surface area contributed by atoms with Gasteiger partial charge in [0.1, 0.15) is 17.4 Å². The summed E-state index contributed by atoms with van der Waals surface area (Å²) in [6.07, 6.45) is 1.58. The molecular weight excluding hydrogens is 451 g/mol. The zero-order valence-electron chi connectivity index (χ0n) is 18.3. The molecule has 2 aliphatic rings. The molecule has 0 fully saturated rings. The second-order valence-electron chi connectivity index (χ2n) is 8.38. The van der Waals surface area contributed by atoms with Gasteiger partial charge < -0.3 is 5.11 Å². The van der Waals surface area contributed by atoms with Gasteiger partial charge in [0, 0.05) is 51.0 Å². The number of rotatable bonds is 3. The zero-order valence-corrected chi connectivity index (χ0v) is 19.0. The summed E-state index contributed by atoms with van der Waals surface area (Å²) in [4.78, 5) is 15.1. The molecule has 1 heterocycles. The number of nitrogens with zero attached hydrogens (tertiary/aromatic N) is 1. The summed E-state index contributed by atoms with van der Waals surface area (Å²) in [5, 5.41) is 21.2. The smallest absolute Gasteiger partial charge is 0.161 e. The van der Waals surface area contributed by atoms with E-state index in [9.17, 15) is 15.3 Å². The third kappa shape index (κ3) is 3.72. The van der Waals surface area contributed by atoms with Crippen molar-refractivity contribution < 1.29 is 14.3 Å². The highest BCUT2D eigenvalue weighted by atomic mass is 35.5. The number of para-hydroxylation sites is 1. The number of halogens is 2. The molecule has 3 aromatic rings. The van der Waals surface area contributed by atoms with E-state index in [0.29, 0.717) is 46.8 Å². The Morgan fingerprint density at radius 3 is 2.35 bits per heavy atom. The number of carbonyl (C=O) groups is 1. The molecule has 3 aromatic carbocycles. The van der Waals surface area contributed by atoms with Crippen LogP contribution in [0.3, 0.4) is 0 Å². The van der Waals surface area contributed by atoms with Crippen LogP contribution in [-0.2, 0) is 4.79 Å². The Morgan fingerprint density at radius 1 is 0.971 bits per heavy atom. The van der Waals surface area contributed by atoms with Gasteiger partial charge in [0.2, 0.25) is 0 Å². The zero-order chi connectivity index (χ0) is 23.8. The molecular formula is C28H22ClFN2O2. The van der Waals surface area contributed by atoms with Crippen LogP contribution in [0.15, 0.2) is 95.7 Å². The quantitative estimate of drug-likeness (QED) is 0.402. The fourth-order valence-corrected chi connectivity index (χ4v) is 4.96. The Bertz CT molecular complexity index is 1350. The minimum atomic E-state index is -0.896. The van der Waals surface area contributed by atoms with E-state index in [0.717, 1.165) is 0 Å². The Kier molecular flexibility index (Phi) is 5.80. The minimum absolute atomic E-state index is 0.0142. The van der Waals surface area contributed by atoms with Gasteiger partial charge in [0.25, 0.3) is 0 Å². The fraction of sp³-hybridized carbons (Fsp3) is 0.143. The lowest BCUT2D eigenvalue weighted by Gasteiger charge is -2.41. The van der Waals surface area contributed by atoms with E-state index >= 15 is 4.39 Å². The van der Waals surface area contributed by atoms with Crippen LogP contribution in [0.1, 0.15) is 36.3 Å². The molecule has 0 spiro atoms. The standard InChI is InChI=1S/C28H22ClFN2O2/c29-18-15-13-17(14-16-18)27(34)26-24(20-9-4-5-10-21(20)30)25-22(11-6-12-23(25)33)32(28(26)31)19-7-2-1-3-8-19/h1-5,7-10,13-16,24,31,34H,6,11-12H2/b27-26+,31-28?. The molecule has 0 bridgehead atoms. The fourth-order valence-electron chi connectivity index (χ4n) is 4.84. The minimum Gasteiger partial charge on any atom is -0.507 e. The molecule has 0 radical (unpaired) electrons. The number of aliphatic hydroxyl groups excluding tert-OH is 1. The Hall–Kier alpha value is -3.70. The molecule has 1 aliphatic heterocycles. The van der Waals surface area contributed by atoms with Crippen LogP contribution >= 0.6 is 11.6 Å². The molecule has 34 heavy (non-hydrogen) atoms. The van der Waals surface area contributed by atoms with Crippen molar-refractivity contribution >= 4 is 34.7 Å². The van der Waals surface area contributed by atoms with Crippen molar-refractivity contribution in [1.82, 2.24) is 0 Å². The van der Waals surface area contributed by atoms with Gasteiger partial charge in [-0.25, -0.2) is 4.39 Å². The summed E-state index contributed by atoms with van der Waals surface area (Å²) < 4.78 is 15.2. The van der Waals surface area contributed by atoms with E-state index in [-0.39, 0.29) is 28.5 Å². The number of nitrogens with one attached hydrogen (secondary N) is 1. The highest BCUT2D eigenvalue weighted by molar-refractivity contribution is 6.30. The van der Waals surface area contributed by atoms with E-state index in [2.05, 4.69) is 0 Å². The molecule has 1 atom stereocenters. The van der Waals surface area contributed by atoms with Crippen molar-refractivity contribution in [2.24, 2.45) is 0 Å². The van der Waals surface area contributed by atoms with E-state index in [1.54, 1.807) is 47.4 Å². The van der Waals surface area contributed by atoms with Crippen LogP contribution in [0.2, 0.25) is 5.02 Å². The first-order chi connectivity index (χ1) is 16.5. The number of benzene rings is 3. The average Bonchev–Trinajstić information content (AvgIpc) is 2.84. The predicted octanol–water partition coefficient (Wildman–Crippen LogP) is 7.04. The first-order valence-corrected chi connectivity index (χ1v) is 11.5. The molecule has 5 rings (SSSR count). The summed E-state index contributed by atoms with van der Waals surface area (Å²) in [5.74, 6) is -1.64. The van der Waals surface area contributed by atoms with Crippen LogP contribution in [0.25, 0.3) is 5.76 Å². The number of anilines is 1. The number of amidine groups is 1. The van der Waals surface area contributed by atoms with Gasteiger partial charge in [-0.1, -0.05) is 48.0 Å². The van der Waals surface area contributed by atoms with Gasteiger partial charge in [0.15, 0.2) is 5.78 Å². The van der Waals surface area contributed by atoms with Gasteiger partial charge in [-0.05, 0) is 55.3 Å². The lowest BCUT2D eigenvalue weighted by atomic mass is 9.73. The normalized spacial score (nSPS) is 19.8. The lowest BCUT2D eigenvalue weighted by Crippen LogP contribution is -2.42. The second kappa shape index (κ2) is 8.92. The maximum atomic E-state index is 15.2. The second-order valence-corrected chi connectivity index (χ2v) is 8.82. The number of hydrogen-bond donors (Lipinski definition) is 2. The third-order valence-corrected chi connectivity index (χ3v) is 6.61. The molecule has 0 saturated heterocycles. The predicted molar refractivity (Wildman–Crippen MR) is 133 cm³/mol. The van der Waals surface area contributed by atoms with Crippen LogP contribution in [-0.4, -0.2) is 16.7 Å². The summed E-state index contributed by atoms with van der Waals surface area (Å²) in [7, 11) is 0. The molecule has 2 N–H and O–H groups in total. The monoisotopic (exact) mass is 472 g/mol. The SMILES string of the molecule is N=C1/C(=C(/O)c2ccc(Cl)cc2)C(c2ccccc2F)C2=C(CCCC2=O)N1c1ccccc1. The van der Waals surface area contributed by atoms with Crippen LogP contribution in [0.5, 0.6) is 0 Å². The van der Waals surface area contributed by atoms with Crippen LogP contribution < -0.4 is 4.90 Å². The van der Waals surface area contributed by atoms with E-state index < -0.39 is 11.7 Å². The molecule has 1 unspecified atom stereocenters. The molecule has 0 amide bonds. The van der Waals surface area contributed by atoms with Gasteiger partial charge in [-0.15, -0.1) is 0 Å². The summed E-state index contributed by atoms with van der Waals surface area (Å²) in [5.41, 5.74) is 2.72. The van der Waals surface area contributed by atoms with E-state index in [1.807, 2.05) is 30.3 Å². The van der Waals surface area contributed by atoms with Gasteiger partial charge in [-0.2, -0.15) is 0 Å². The van der Waals surface area contributed by atoms with Crippen molar-refractivity contribution in [3.8, 4) is 0 Å². The van der Waals surface area contributed by atoms with Gasteiger partial charge in [0.05, 0.1) is 0 Å². The van der Waals surface area contributed by atoms with E-state index in [4.69, 9.17) is 11.6 Å². The number of hydrogen-bond acceptors (Lipinski definition) is 3. The highest BCUT2D eigenvalue weighted by Gasteiger charge is 2.43. The Morgan fingerprint density at radius 2 is 1.65 bits per heavy atom. The maximum Gasteiger partial charge on any atom is 0.161 e. The van der Waals surface area contributed by atoms with Crippen molar-refractivity contribution in [3.05, 3.63) is 118 Å². The number of carbonyl (C=O) groups excluding carboxylic acids is 1. The number of Topliss-reactive ketones (excluding diaryl/α,β-unsaturated/α-hetero) is 1. The van der Waals surface area contributed by atoms with Gasteiger partial charge in [-0.3, -0.25) is 15.1 Å². The molecule has 0 saturated carbocycles. The Labute approximate surface area is 202 Å². The third-order valence-electron chi connectivity index (χ3n) is 6.36. The number of ketones is 1. The first-order valence-electron chi connectivity index (χ1n) is 11.1. The summed E-state index contributed by atoms with van der Waals surface area (Å²) in [6, 6.07) is 22.1. The molecule has 1 aliphatic carbocycles. The van der Waals surface area contributed by atoms with Crippen molar-refractivity contribution in [2.75, 3.05) is 4.90 Å². The summed E-state index contributed by atoms with van der Waals surface area (Å²) >= 11 is 6.04. The maximum absolute atomic E-state index is 15.2. The summed E-state index contributed by atoms with van der Waals surface area (Å²) in [6.45, 7) is 0. The largest absolute Gasteiger partial charge is 0.507 e. The number of allylic oxidation sites excluding steroid dienone is 2. The van der Waals surface area contributed by atoms with E-state index in [1.165, 1.54) is 6.07 Å². The molecule has 6 heteroatoms. The lowest BCUT2D eigenvalue weighted by molar-refractivity contribution is -0.116. The molecule has 170 valence electrons. The first kappa shape index (κ1) is 22.1.